The van der Waals surface area contributed by atoms with E-state index in [9.17, 15) is 4.79 Å². The summed E-state index contributed by atoms with van der Waals surface area (Å²) in [5.41, 5.74) is 0. The number of piperidine rings is 1. The lowest BCUT2D eigenvalue weighted by molar-refractivity contribution is -0.123. The maximum absolute atomic E-state index is 11.9. The molecule has 17 heavy (non-hydrogen) atoms. The van der Waals surface area contributed by atoms with Gasteiger partial charge in [-0.15, -0.1) is 0 Å². The van der Waals surface area contributed by atoms with Crippen molar-refractivity contribution in [1.29, 1.82) is 0 Å². The topological polar surface area (TPSA) is 32.3 Å². The Morgan fingerprint density at radius 1 is 1.29 bits per heavy atom. The molecule has 0 aromatic carbocycles. The van der Waals surface area contributed by atoms with Crippen molar-refractivity contribution in [1.82, 2.24) is 10.2 Å². The van der Waals surface area contributed by atoms with Crippen LogP contribution in [0.5, 0.6) is 0 Å². The summed E-state index contributed by atoms with van der Waals surface area (Å²) in [5, 5.41) is 3.12. The molecule has 1 aliphatic rings. The van der Waals surface area contributed by atoms with Gasteiger partial charge in [0.05, 0.1) is 0 Å². The van der Waals surface area contributed by atoms with Crippen molar-refractivity contribution in [2.24, 2.45) is 11.8 Å². The largest absolute Gasteiger partial charge is 0.354 e. The van der Waals surface area contributed by atoms with Crippen molar-refractivity contribution >= 4 is 5.91 Å². The van der Waals surface area contributed by atoms with Crippen LogP contribution in [-0.4, -0.2) is 37.0 Å². The Bertz CT molecular complexity index is 232. The van der Waals surface area contributed by atoms with E-state index < -0.39 is 0 Å². The molecule has 1 N–H and O–H groups in total. The highest BCUT2D eigenvalue weighted by molar-refractivity contribution is 5.76. The lowest BCUT2D eigenvalue weighted by Crippen LogP contribution is -2.37. The van der Waals surface area contributed by atoms with Crippen molar-refractivity contribution in [2.75, 3.05) is 20.1 Å². The first kappa shape index (κ1) is 14.5. The molecular formula is C14H28N2O. The van der Waals surface area contributed by atoms with Crippen LogP contribution in [0.25, 0.3) is 0 Å². The van der Waals surface area contributed by atoms with Crippen molar-refractivity contribution < 1.29 is 4.79 Å². The first-order valence-corrected chi connectivity index (χ1v) is 6.95. The van der Waals surface area contributed by atoms with Gasteiger partial charge in [-0.3, -0.25) is 4.79 Å². The maximum atomic E-state index is 11.9. The molecule has 0 aromatic heterocycles. The third kappa shape index (κ3) is 6.06. The predicted octanol–water partition coefficient (Wildman–Crippen LogP) is 2.27. The molecule has 0 unspecified atom stereocenters. The van der Waals surface area contributed by atoms with Crippen LogP contribution in [0, 0.1) is 11.8 Å². The van der Waals surface area contributed by atoms with Gasteiger partial charge >= 0.3 is 0 Å². The average molecular weight is 240 g/mol. The molecule has 0 spiro atoms. The monoisotopic (exact) mass is 240 g/mol. The minimum Gasteiger partial charge on any atom is -0.354 e. The van der Waals surface area contributed by atoms with Gasteiger partial charge < -0.3 is 10.2 Å². The quantitative estimate of drug-likeness (QED) is 0.799. The van der Waals surface area contributed by atoms with Crippen LogP contribution in [0.3, 0.4) is 0 Å². The minimum absolute atomic E-state index is 0.243. The molecule has 1 aliphatic heterocycles. The van der Waals surface area contributed by atoms with E-state index in [0.717, 1.165) is 25.9 Å². The van der Waals surface area contributed by atoms with Gasteiger partial charge in [0.25, 0.3) is 0 Å². The van der Waals surface area contributed by atoms with Crippen LogP contribution in [0.4, 0.5) is 0 Å². The van der Waals surface area contributed by atoms with Crippen molar-refractivity contribution in [3.05, 3.63) is 0 Å². The number of carbonyl (C=O) groups is 1. The summed E-state index contributed by atoms with van der Waals surface area (Å²) >= 11 is 0. The molecule has 3 heteroatoms. The smallest absolute Gasteiger partial charge is 0.220 e. The molecule has 1 saturated heterocycles. The highest BCUT2D eigenvalue weighted by Crippen LogP contribution is 2.19. The Labute approximate surface area is 106 Å². The van der Waals surface area contributed by atoms with E-state index >= 15 is 0 Å². The van der Waals surface area contributed by atoms with Gasteiger partial charge in [-0.05, 0) is 58.2 Å². The summed E-state index contributed by atoms with van der Waals surface area (Å²) in [6.45, 7) is 8.77. The molecule has 0 bridgehead atoms. The van der Waals surface area contributed by atoms with E-state index in [1.165, 1.54) is 12.8 Å². The van der Waals surface area contributed by atoms with Crippen LogP contribution >= 0.6 is 0 Å². The highest BCUT2D eigenvalue weighted by Gasteiger charge is 2.20. The maximum Gasteiger partial charge on any atom is 0.220 e. The number of carbonyl (C=O) groups excluding carboxylic acids is 1. The first-order chi connectivity index (χ1) is 7.97. The lowest BCUT2D eigenvalue weighted by atomic mass is 9.93. The molecule has 0 saturated carbocycles. The summed E-state index contributed by atoms with van der Waals surface area (Å²) < 4.78 is 0. The number of likely N-dealkylation sites (tertiary alicyclic amines) is 1. The number of rotatable bonds is 5. The Morgan fingerprint density at radius 3 is 2.41 bits per heavy atom. The summed E-state index contributed by atoms with van der Waals surface area (Å²) in [6.07, 6.45) is 4.13. The average Bonchev–Trinajstić information content (AvgIpc) is 2.19. The SMILES string of the molecule is CC(C)C[C@@H](C)NC(=O)CC1CCN(C)CC1. The molecule has 0 aliphatic carbocycles. The number of nitrogens with zero attached hydrogens (tertiary/aromatic N) is 1. The third-order valence-corrected chi connectivity index (χ3v) is 3.54. The standard InChI is InChI=1S/C14H28N2O/c1-11(2)9-12(3)15-14(17)10-13-5-7-16(4)8-6-13/h11-13H,5-10H2,1-4H3,(H,15,17)/t12-/m1/s1. The second kappa shape index (κ2) is 7.00. The van der Waals surface area contributed by atoms with Gasteiger partial charge in [-0.1, -0.05) is 13.8 Å². The molecule has 1 fully saturated rings. The molecular weight excluding hydrogens is 212 g/mol. The van der Waals surface area contributed by atoms with E-state index in [4.69, 9.17) is 0 Å². The van der Waals surface area contributed by atoms with Crippen molar-refractivity contribution in [3.63, 3.8) is 0 Å². The summed E-state index contributed by atoms with van der Waals surface area (Å²) in [6, 6.07) is 0.314. The Hall–Kier alpha value is -0.570. The molecule has 3 nitrogen and oxygen atoms in total. The number of hydrogen-bond acceptors (Lipinski definition) is 2. The number of nitrogens with one attached hydrogen (secondary N) is 1. The van der Waals surface area contributed by atoms with Crippen LogP contribution in [0.2, 0.25) is 0 Å². The molecule has 1 heterocycles. The zero-order valence-corrected chi connectivity index (χ0v) is 11.8. The molecule has 0 aromatic rings. The molecule has 1 rings (SSSR count). The van der Waals surface area contributed by atoms with Crippen LogP contribution in [-0.2, 0) is 4.79 Å². The van der Waals surface area contributed by atoms with Crippen LogP contribution in [0.1, 0.15) is 46.5 Å². The van der Waals surface area contributed by atoms with Gasteiger partial charge in [0.15, 0.2) is 0 Å². The van der Waals surface area contributed by atoms with E-state index in [1.807, 2.05) is 0 Å². The van der Waals surface area contributed by atoms with E-state index in [-0.39, 0.29) is 5.91 Å². The first-order valence-electron chi connectivity index (χ1n) is 6.95. The van der Waals surface area contributed by atoms with Gasteiger partial charge in [0.2, 0.25) is 5.91 Å². The second-order valence-electron chi connectivity index (χ2n) is 6.05. The van der Waals surface area contributed by atoms with E-state index in [1.54, 1.807) is 0 Å². The summed E-state index contributed by atoms with van der Waals surface area (Å²) in [7, 11) is 2.15. The van der Waals surface area contributed by atoms with Crippen molar-refractivity contribution in [3.8, 4) is 0 Å². The normalized spacial score (nSPS) is 20.5. The van der Waals surface area contributed by atoms with Crippen LogP contribution < -0.4 is 5.32 Å². The predicted molar refractivity (Wildman–Crippen MR) is 71.9 cm³/mol. The van der Waals surface area contributed by atoms with Gasteiger partial charge in [-0.25, -0.2) is 0 Å². The lowest BCUT2D eigenvalue weighted by Gasteiger charge is -2.28. The fourth-order valence-electron chi connectivity index (χ4n) is 2.63. The van der Waals surface area contributed by atoms with Gasteiger partial charge in [-0.2, -0.15) is 0 Å². The molecule has 0 radical (unpaired) electrons. The van der Waals surface area contributed by atoms with E-state index in [2.05, 4.69) is 38.0 Å². The van der Waals surface area contributed by atoms with Crippen molar-refractivity contribution in [2.45, 2.75) is 52.5 Å². The molecule has 100 valence electrons. The van der Waals surface area contributed by atoms with Gasteiger partial charge in [0, 0.05) is 12.5 Å². The second-order valence-corrected chi connectivity index (χ2v) is 6.05. The fraction of sp³-hybridized carbons (Fsp3) is 0.929. The van der Waals surface area contributed by atoms with Crippen LogP contribution in [0.15, 0.2) is 0 Å². The number of amides is 1. The Morgan fingerprint density at radius 2 is 1.88 bits per heavy atom. The highest BCUT2D eigenvalue weighted by atomic mass is 16.1. The third-order valence-electron chi connectivity index (χ3n) is 3.54. The Kier molecular flexibility index (Phi) is 5.96. The summed E-state index contributed by atoms with van der Waals surface area (Å²) in [5.74, 6) is 1.48. The summed E-state index contributed by atoms with van der Waals surface area (Å²) in [4.78, 5) is 14.2. The number of hydrogen-bond donors (Lipinski definition) is 1. The zero-order chi connectivity index (χ0) is 12.8. The Balaban J connectivity index is 2.20. The van der Waals surface area contributed by atoms with Gasteiger partial charge in [0.1, 0.15) is 0 Å². The zero-order valence-electron chi connectivity index (χ0n) is 11.8. The van der Waals surface area contributed by atoms with E-state index in [0.29, 0.717) is 17.9 Å². The molecule has 1 amide bonds. The fourth-order valence-corrected chi connectivity index (χ4v) is 2.63. The minimum atomic E-state index is 0.243. The molecule has 1 atom stereocenters.